The van der Waals surface area contributed by atoms with E-state index in [9.17, 15) is 0 Å². The first kappa shape index (κ1) is 9.38. The molecule has 0 atom stereocenters. The molecule has 0 amide bonds. The van der Waals surface area contributed by atoms with Gasteiger partial charge in [-0.2, -0.15) is 0 Å². The maximum absolute atomic E-state index is 5.65. The minimum absolute atomic E-state index is 0.662. The fraction of sp³-hybridized carbons (Fsp3) is 0.500. The Bertz CT molecular complexity index is 344. The molecule has 0 saturated heterocycles. The molecule has 1 heterocycles. The summed E-state index contributed by atoms with van der Waals surface area (Å²) in [7, 11) is 0. The van der Waals surface area contributed by atoms with Crippen molar-refractivity contribution in [2.75, 3.05) is 13.2 Å². The summed E-state index contributed by atoms with van der Waals surface area (Å²) in [6.45, 7) is 9.78. The molecule has 76 valence electrons. The van der Waals surface area contributed by atoms with Crippen LogP contribution in [0.3, 0.4) is 0 Å². The zero-order chi connectivity index (χ0) is 10.3. The van der Waals surface area contributed by atoms with E-state index < -0.39 is 0 Å². The molecular formula is C12H16O2. The molecule has 1 aliphatic rings. The number of ether oxygens (including phenoxy) is 2. The maximum Gasteiger partial charge on any atom is 0.164 e. The Labute approximate surface area is 84.8 Å². The molecule has 14 heavy (non-hydrogen) atoms. The highest BCUT2D eigenvalue weighted by Gasteiger charge is 2.20. The van der Waals surface area contributed by atoms with E-state index in [2.05, 4.69) is 27.7 Å². The van der Waals surface area contributed by atoms with E-state index in [1.165, 1.54) is 22.3 Å². The minimum atomic E-state index is 0.662. The van der Waals surface area contributed by atoms with Gasteiger partial charge in [0.05, 0.1) is 0 Å². The molecule has 1 aromatic rings. The lowest BCUT2D eigenvalue weighted by Crippen LogP contribution is -2.18. The number of fused-ring (bicyclic) bond motifs is 1. The molecule has 2 nitrogen and oxygen atoms in total. The van der Waals surface area contributed by atoms with Crippen LogP contribution in [-0.4, -0.2) is 13.2 Å². The van der Waals surface area contributed by atoms with Gasteiger partial charge in [-0.3, -0.25) is 0 Å². The standard InChI is InChI=1S/C12H16O2/c1-7-8(2)10(4)12-11(9(7)3)13-5-6-14-12/h5-6H2,1-4H3. The van der Waals surface area contributed by atoms with Crippen molar-refractivity contribution >= 4 is 0 Å². The van der Waals surface area contributed by atoms with Crippen LogP contribution in [0.5, 0.6) is 11.5 Å². The van der Waals surface area contributed by atoms with Gasteiger partial charge in [0, 0.05) is 0 Å². The molecule has 0 bridgehead atoms. The molecular weight excluding hydrogens is 176 g/mol. The normalized spacial score (nSPS) is 14.3. The molecule has 0 aromatic heterocycles. The molecule has 0 radical (unpaired) electrons. The monoisotopic (exact) mass is 192 g/mol. The topological polar surface area (TPSA) is 18.5 Å². The first-order valence-corrected chi connectivity index (χ1v) is 4.99. The number of benzene rings is 1. The van der Waals surface area contributed by atoms with Crippen LogP contribution in [0.25, 0.3) is 0 Å². The molecule has 0 fully saturated rings. The summed E-state index contributed by atoms with van der Waals surface area (Å²) in [6, 6.07) is 0. The summed E-state index contributed by atoms with van der Waals surface area (Å²) < 4.78 is 11.3. The molecule has 2 rings (SSSR count). The second-order valence-corrected chi connectivity index (χ2v) is 3.86. The van der Waals surface area contributed by atoms with Gasteiger partial charge in [-0.1, -0.05) is 0 Å². The van der Waals surface area contributed by atoms with Crippen LogP contribution in [0, 0.1) is 27.7 Å². The Morgan fingerprint density at radius 2 is 1.00 bits per heavy atom. The molecule has 2 heteroatoms. The second-order valence-electron chi connectivity index (χ2n) is 3.86. The molecule has 1 aliphatic heterocycles. The summed E-state index contributed by atoms with van der Waals surface area (Å²) >= 11 is 0. The largest absolute Gasteiger partial charge is 0.486 e. The molecule has 1 aromatic carbocycles. The summed E-state index contributed by atoms with van der Waals surface area (Å²) in [5.41, 5.74) is 5.05. The molecule has 0 N–H and O–H groups in total. The van der Waals surface area contributed by atoms with Gasteiger partial charge in [0.1, 0.15) is 13.2 Å². The quantitative estimate of drug-likeness (QED) is 0.629. The third-order valence-corrected chi connectivity index (χ3v) is 3.15. The van der Waals surface area contributed by atoms with Crippen LogP contribution >= 0.6 is 0 Å². The Morgan fingerprint density at radius 1 is 0.643 bits per heavy atom. The van der Waals surface area contributed by atoms with Crippen LogP contribution in [0.4, 0.5) is 0 Å². The van der Waals surface area contributed by atoms with Crippen LogP contribution in [-0.2, 0) is 0 Å². The summed E-state index contributed by atoms with van der Waals surface area (Å²) in [5, 5.41) is 0. The highest BCUT2D eigenvalue weighted by Crippen LogP contribution is 2.40. The van der Waals surface area contributed by atoms with Crippen molar-refractivity contribution in [3.63, 3.8) is 0 Å². The fourth-order valence-electron chi connectivity index (χ4n) is 1.88. The van der Waals surface area contributed by atoms with Crippen LogP contribution < -0.4 is 9.47 Å². The molecule has 0 aliphatic carbocycles. The highest BCUT2D eigenvalue weighted by molar-refractivity contribution is 5.58. The second kappa shape index (κ2) is 3.19. The maximum atomic E-state index is 5.65. The Morgan fingerprint density at radius 3 is 1.36 bits per heavy atom. The van der Waals surface area contributed by atoms with Crippen molar-refractivity contribution in [2.45, 2.75) is 27.7 Å². The predicted molar refractivity (Wildman–Crippen MR) is 56.4 cm³/mol. The van der Waals surface area contributed by atoms with Gasteiger partial charge in [-0.25, -0.2) is 0 Å². The summed E-state index contributed by atoms with van der Waals surface area (Å²) in [5.74, 6) is 1.88. The summed E-state index contributed by atoms with van der Waals surface area (Å²) in [6.07, 6.45) is 0. The van der Waals surface area contributed by atoms with E-state index in [1.807, 2.05) is 0 Å². The van der Waals surface area contributed by atoms with Crippen LogP contribution in [0.2, 0.25) is 0 Å². The van der Waals surface area contributed by atoms with Crippen molar-refractivity contribution in [3.05, 3.63) is 22.3 Å². The predicted octanol–water partition coefficient (Wildman–Crippen LogP) is 2.69. The van der Waals surface area contributed by atoms with Crippen molar-refractivity contribution in [1.29, 1.82) is 0 Å². The average molecular weight is 192 g/mol. The third kappa shape index (κ3) is 1.17. The third-order valence-electron chi connectivity index (χ3n) is 3.15. The van der Waals surface area contributed by atoms with E-state index in [0.717, 1.165) is 11.5 Å². The van der Waals surface area contributed by atoms with E-state index in [1.54, 1.807) is 0 Å². The lowest BCUT2D eigenvalue weighted by atomic mass is 9.97. The van der Waals surface area contributed by atoms with Gasteiger partial charge < -0.3 is 9.47 Å². The van der Waals surface area contributed by atoms with Crippen molar-refractivity contribution < 1.29 is 9.47 Å². The molecule has 0 saturated carbocycles. The first-order chi connectivity index (χ1) is 6.63. The lowest BCUT2D eigenvalue weighted by Gasteiger charge is -2.24. The van der Waals surface area contributed by atoms with Crippen LogP contribution in [0.1, 0.15) is 22.3 Å². The number of hydrogen-bond donors (Lipinski definition) is 0. The first-order valence-electron chi connectivity index (χ1n) is 4.99. The van der Waals surface area contributed by atoms with Gasteiger partial charge >= 0.3 is 0 Å². The zero-order valence-corrected chi connectivity index (χ0v) is 9.23. The van der Waals surface area contributed by atoms with Crippen molar-refractivity contribution in [1.82, 2.24) is 0 Å². The summed E-state index contributed by atoms with van der Waals surface area (Å²) in [4.78, 5) is 0. The molecule has 0 unspecified atom stereocenters. The minimum Gasteiger partial charge on any atom is -0.486 e. The highest BCUT2D eigenvalue weighted by atomic mass is 16.6. The SMILES string of the molecule is Cc1c(C)c(C)c2c(c1C)OCCO2. The molecule has 0 spiro atoms. The Hall–Kier alpha value is -1.18. The van der Waals surface area contributed by atoms with Gasteiger partial charge in [0.2, 0.25) is 0 Å². The van der Waals surface area contributed by atoms with Gasteiger partial charge in [0.25, 0.3) is 0 Å². The Balaban J connectivity index is 2.71. The van der Waals surface area contributed by atoms with Gasteiger partial charge in [-0.05, 0) is 49.9 Å². The van der Waals surface area contributed by atoms with Crippen LogP contribution in [0.15, 0.2) is 0 Å². The van der Waals surface area contributed by atoms with Crippen molar-refractivity contribution in [3.8, 4) is 11.5 Å². The fourth-order valence-corrected chi connectivity index (χ4v) is 1.88. The van der Waals surface area contributed by atoms with E-state index in [-0.39, 0.29) is 0 Å². The average Bonchev–Trinajstić information content (AvgIpc) is 2.23. The van der Waals surface area contributed by atoms with E-state index in [4.69, 9.17) is 9.47 Å². The number of rotatable bonds is 0. The van der Waals surface area contributed by atoms with E-state index in [0.29, 0.717) is 13.2 Å². The van der Waals surface area contributed by atoms with E-state index >= 15 is 0 Å². The van der Waals surface area contributed by atoms with Gasteiger partial charge in [-0.15, -0.1) is 0 Å². The number of hydrogen-bond acceptors (Lipinski definition) is 2. The smallest absolute Gasteiger partial charge is 0.164 e. The van der Waals surface area contributed by atoms with Gasteiger partial charge in [0.15, 0.2) is 11.5 Å². The Kier molecular flexibility index (Phi) is 2.14. The lowest BCUT2D eigenvalue weighted by molar-refractivity contribution is 0.169. The van der Waals surface area contributed by atoms with Crippen molar-refractivity contribution in [2.24, 2.45) is 0 Å². The zero-order valence-electron chi connectivity index (χ0n) is 9.23.